The van der Waals surface area contributed by atoms with Crippen LogP contribution in [0, 0.1) is 5.92 Å². The Labute approximate surface area is 103 Å². The summed E-state index contributed by atoms with van der Waals surface area (Å²) in [7, 11) is 0. The Morgan fingerprint density at radius 1 is 1.60 bits per heavy atom. The molecule has 1 rings (SSSR count). The van der Waals surface area contributed by atoms with Gasteiger partial charge in [-0.15, -0.1) is 5.92 Å². The third-order valence-electron chi connectivity index (χ3n) is 0.744. The van der Waals surface area contributed by atoms with Crippen molar-refractivity contribution in [3.05, 3.63) is 0 Å². The molecule has 0 spiro atoms. The van der Waals surface area contributed by atoms with E-state index in [2.05, 4.69) is 0 Å². The second-order valence-corrected chi connectivity index (χ2v) is 1.91. The Morgan fingerprint density at radius 3 is 1.90 bits per heavy atom. The van der Waals surface area contributed by atoms with Gasteiger partial charge in [0.1, 0.15) is 0 Å². The molecule has 0 atom stereocenters. The smallest absolute Gasteiger partial charge is 0.542 e. The van der Waals surface area contributed by atoms with E-state index in [4.69, 9.17) is 9.90 Å². The summed E-state index contributed by atoms with van der Waals surface area (Å²) in [4.78, 5) is 18.4. The zero-order valence-electron chi connectivity index (χ0n) is 6.26. The van der Waals surface area contributed by atoms with Crippen molar-refractivity contribution >= 4 is 12.3 Å². The molecule has 0 aliphatic heterocycles. The number of carboxylic acids is 1. The van der Waals surface area contributed by atoms with Gasteiger partial charge in [-0.3, -0.25) is 11.1 Å². The van der Waals surface area contributed by atoms with Crippen LogP contribution in [-0.4, -0.2) is 17.4 Å². The first-order chi connectivity index (χ1) is 4.16. The molecule has 0 aromatic rings. The van der Waals surface area contributed by atoms with Gasteiger partial charge in [0.2, 0.25) is 0 Å². The molecule has 1 aliphatic rings. The summed E-state index contributed by atoms with van der Waals surface area (Å²) in [5.41, 5.74) is 0. The van der Waals surface area contributed by atoms with Crippen LogP contribution in [0.4, 0.5) is 0 Å². The third kappa shape index (κ3) is 15.9. The number of rotatable bonds is 1. The molecule has 0 amide bonds. The molecule has 0 saturated heterocycles. The molecule has 0 aromatic carbocycles. The number of carbonyl (C=O) groups is 1. The van der Waals surface area contributed by atoms with Crippen LogP contribution in [0.2, 0.25) is 0 Å². The Hall–Kier alpha value is 0.776. The largest absolute Gasteiger partial charge is 1.00 e. The Bertz CT molecular complexity index is 106. The third-order valence-corrected chi connectivity index (χ3v) is 0.744. The normalized spacial score (nSPS) is 13.7. The number of carboxylic acid groups (broad SMARTS) is 1. The maximum atomic E-state index is 9.44. The van der Waals surface area contributed by atoms with E-state index in [9.17, 15) is 4.79 Å². The van der Waals surface area contributed by atoms with Crippen molar-refractivity contribution in [2.45, 2.75) is 19.8 Å². The van der Waals surface area contributed by atoms with Crippen LogP contribution in [0.3, 0.4) is 0 Å². The fourth-order valence-corrected chi connectivity index (χ4v) is 0.201. The maximum Gasteiger partial charge on any atom is 1.00 e. The summed E-state index contributed by atoms with van der Waals surface area (Å²) in [6.07, 6.45) is 4.06. The fraction of sp³-hybridized carbons (Fsp3) is 0.667. The van der Waals surface area contributed by atoms with Crippen molar-refractivity contribution in [2.75, 3.05) is 0 Å². The van der Waals surface area contributed by atoms with Gasteiger partial charge in [0.05, 0.1) is 0 Å². The summed E-state index contributed by atoms with van der Waals surface area (Å²) < 4.78 is 0. The van der Waals surface area contributed by atoms with Gasteiger partial charge in [0.15, 0.2) is 0 Å². The molecule has 0 heterocycles. The first-order valence-corrected chi connectivity index (χ1v) is 2.74. The van der Waals surface area contributed by atoms with Crippen LogP contribution in [-0.2, 0) is 9.59 Å². The van der Waals surface area contributed by atoms with E-state index in [0.29, 0.717) is 5.92 Å². The molecule has 1 aliphatic carbocycles. The monoisotopic (exact) mass is 168 g/mol. The van der Waals surface area contributed by atoms with Gasteiger partial charge in [-0.2, -0.15) is 0 Å². The van der Waals surface area contributed by atoms with E-state index in [1.165, 1.54) is 0 Å². The van der Waals surface area contributed by atoms with Crippen molar-refractivity contribution in [1.82, 2.24) is 0 Å². The molecule has 3 nitrogen and oxygen atoms in total. The number of hydrogen-bond acceptors (Lipinski definition) is 2. The quantitative estimate of drug-likeness (QED) is 0.351. The van der Waals surface area contributed by atoms with Gasteiger partial charge in [0, 0.05) is 6.92 Å². The van der Waals surface area contributed by atoms with Gasteiger partial charge >= 0.3 is 51.4 Å². The summed E-state index contributed by atoms with van der Waals surface area (Å²) >= 11 is 0. The van der Waals surface area contributed by atoms with Crippen molar-refractivity contribution in [3.8, 4) is 0 Å². The van der Waals surface area contributed by atoms with E-state index in [-0.39, 0.29) is 51.4 Å². The maximum absolute atomic E-state index is 9.44. The van der Waals surface area contributed by atoms with Crippen LogP contribution in [0.5, 0.6) is 0 Å². The predicted molar refractivity (Wildman–Crippen MR) is 31.7 cm³/mol. The zero-order valence-corrected chi connectivity index (χ0v) is 9.38. The fourth-order valence-electron chi connectivity index (χ4n) is 0.201. The van der Waals surface area contributed by atoms with Crippen LogP contribution in [0.15, 0.2) is 0 Å². The molecule has 10 heavy (non-hydrogen) atoms. The second kappa shape index (κ2) is 7.88. The van der Waals surface area contributed by atoms with E-state index in [1.807, 2.05) is 6.29 Å². The van der Waals surface area contributed by atoms with Crippen molar-refractivity contribution in [2.24, 2.45) is 5.92 Å². The van der Waals surface area contributed by atoms with Crippen molar-refractivity contribution in [3.63, 3.8) is 0 Å². The summed E-state index contributed by atoms with van der Waals surface area (Å²) in [5.74, 6) is -0.505. The average Bonchev–Trinajstić information content (AvgIpc) is 2.43. The number of carbonyl (C=O) groups excluding carboxylic acids is 1. The predicted octanol–water partition coefficient (Wildman–Crippen LogP) is -2.40. The van der Waals surface area contributed by atoms with E-state index in [0.717, 1.165) is 19.8 Å². The van der Waals surface area contributed by atoms with E-state index in [1.54, 1.807) is 0 Å². The molecule has 0 bridgehead atoms. The van der Waals surface area contributed by atoms with E-state index < -0.39 is 5.97 Å². The first kappa shape index (κ1) is 13.4. The molecule has 1 N–H and O–H groups in total. The minimum Gasteiger partial charge on any atom is -0.542 e. The van der Waals surface area contributed by atoms with Gasteiger partial charge in [0.25, 0.3) is 5.97 Å². The summed E-state index contributed by atoms with van der Waals surface area (Å²) in [5, 5.41) is 7.42. The SMILES string of the molecule is CC(=O)O.O=[C-]C1CC1.[K+]. The van der Waals surface area contributed by atoms with Gasteiger partial charge in [-0.05, 0) is 0 Å². The Kier molecular flexibility index (Phi) is 10.5. The molecular weight excluding hydrogens is 159 g/mol. The zero-order chi connectivity index (χ0) is 7.28. The molecule has 1 fully saturated rings. The number of hydrogen-bond donors (Lipinski definition) is 1. The topological polar surface area (TPSA) is 54.4 Å². The van der Waals surface area contributed by atoms with Gasteiger partial charge in [-0.1, -0.05) is 12.8 Å². The molecule has 1 saturated carbocycles. The van der Waals surface area contributed by atoms with Gasteiger partial charge < -0.3 is 9.90 Å². The molecule has 52 valence electrons. The van der Waals surface area contributed by atoms with Crippen molar-refractivity contribution in [1.29, 1.82) is 0 Å². The molecular formula is C6H9KO3. The summed E-state index contributed by atoms with van der Waals surface area (Å²) in [6, 6.07) is 0. The Morgan fingerprint density at radius 2 is 1.90 bits per heavy atom. The molecule has 0 aromatic heterocycles. The first-order valence-electron chi connectivity index (χ1n) is 2.74. The van der Waals surface area contributed by atoms with Crippen molar-refractivity contribution < 1.29 is 66.1 Å². The Balaban J connectivity index is 0. The van der Waals surface area contributed by atoms with Crippen LogP contribution >= 0.6 is 0 Å². The van der Waals surface area contributed by atoms with Crippen LogP contribution in [0.25, 0.3) is 0 Å². The number of aliphatic carboxylic acids is 1. The van der Waals surface area contributed by atoms with Crippen LogP contribution in [0.1, 0.15) is 19.8 Å². The standard InChI is InChI=1S/C4H5O.C2H4O2.K/c5-3-4-1-2-4;1-2(3)4;/h4H,1-2H2;1H3,(H,3,4);/q-1;;+1. The second-order valence-electron chi connectivity index (χ2n) is 1.91. The van der Waals surface area contributed by atoms with E-state index >= 15 is 0 Å². The molecule has 0 unspecified atom stereocenters. The van der Waals surface area contributed by atoms with Crippen LogP contribution < -0.4 is 51.4 Å². The minimum atomic E-state index is -0.833. The van der Waals surface area contributed by atoms with Gasteiger partial charge in [-0.25, -0.2) is 0 Å². The average molecular weight is 168 g/mol. The molecule has 0 radical (unpaired) electrons. The summed E-state index contributed by atoms with van der Waals surface area (Å²) in [6.45, 7) is 1.08. The molecule has 4 heteroatoms. The minimum absolute atomic E-state index is 0.